The van der Waals surface area contributed by atoms with Gasteiger partial charge in [-0.1, -0.05) is 24.3 Å². The van der Waals surface area contributed by atoms with Gasteiger partial charge >= 0.3 is 0 Å². The normalized spacial score (nSPS) is 10.5. The molecule has 2 heterocycles. The van der Waals surface area contributed by atoms with Crippen molar-refractivity contribution in [2.75, 3.05) is 12.0 Å². The molecule has 0 bridgehead atoms. The molecule has 0 radical (unpaired) electrons. The number of hydrogen-bond donors (Lipinski definition) is 2. The molecule has 3 rings (SSSR count). The van der Waals surface area contributed by atoms with E-state index >= 15 is 0 Å². The second-order valence-electron chi connectivity index (χ2n) is 5.04. The van der Waals surface area contributed by atoms with Crippen LogP contribution in [0.4, 0.5) is 0 Å². The SMILES string of the molecule is C=CCNC(=S)Nn1c(C)nc2c(cnn2-c2ccccc2)c1=O. The minimum atomic E-state index is -0.262. The van der Waals surface area contributed by atoms with E-state index in [1.54, 1.807) is 17.7 Å². The molecule has 0 spiro atoms. The van der Waals surface area contributed by atoms with Crippen molar-refractivity contribution in [3.05, 3.63) is 65.4 Å². The lowest BCUT2D eigenvalue weighted by atomic mass is 10.3. The molecule has 1 aromatic carbocycles. The van der Waals surface area contributed by atoms with Crippen molar-refractivity contribution in [3.8, 4) is 5.69 Å². The monoisotopic (exact) mass is 340 g/mol. The van der Waals surface area contributed by atoms with Crippen molar-refractivity contribution in [1.29, 1.82) is 0 Å². The zero-order valence-corrected chi connectivity index (χ0v) is 13.9. The van der Waals surface area contributed by atoms with Crippen LogP contribution in [0.15, 0.2) is 54.0 Å². The lowest BCUT2D eigenvalue weighted by Gasteiger charge is -2.13. The molecule has 2 N–H and O–H groups in total. The van der Waals surface area contributed by atoms with Crippen LogP contribution >= 0.6 is 12.2 Å². The number of benzene rings is 1. The van der Waals surface area contributed by atoms with Crippen LogP contribution in [0.1, 0.15) is 5.82 Å². The Morgan fingerprint density at radius 1 is 1.38 bits per heavy atom. The first-order valence-corrected chi connectivity index (χ1v) is 7.71. The van der Waals surface area contributed by atoms with Crippen LogP contribution < -0.4 is 16.3 Å². The Hall–Kier alpha value is -3.00. The number of aromatic nitrogens is 4. The van der Waals surface area contributed by atoms with Crippen LogP contribution in [0.3, 0.4) is 0 Å². The summed E-state index contributed by atoms with van der Waals surface area (Å²) in [6.07, 6.45) is 3.18. The molecule has 0 saturated heterocycles. The largest absolute Gasteiger partial charge is 0.358 e. The summed E-state index contributed by atoms with van der Waals surface area (Å²) in [5.41, 5.74) is 3.92. The van der Waals surface area contributed by atoms with E-state index in [-0.39, 0.29) is 5.56 Å². The van der Waals surface area contributed by atoms with Crippen molar-refractivity contribution in [1.82, 2.24) is 24.8 Å². The molecule has 0 atom stereocenters. The minimum absolute atomic E-state index is 0.262. The summed E-state index contributed by atoms with van der Waals surface area (Å²) in [7, 11) is 0. The molecular weight excluding hydrogens is 324 g/mol. The number of thiocarbonyl (C=S) groups is 1. The third kappa shape index (κ3) is 2.91. The molecule has 0 saturated carbocycles. The molecular formula is C16H16N6OS. The van der Waals surface area contributed by atoms with Crippen molar-refractivity contribution in [2.24, 2.45) is 0 Å². The standard InChI is InChI=1S/C16H16N6OS/c1-3-9-17-16(24)20-21-11(2)19-14-13(15(21)23)10-18-22(14)12-7-5-4-6-8-12/h3-8,10H,1,9H2,2H3,(H2,17,20,24). The van der Waals surface area contributed by atoms with Crippen LogP contribution in [0, 0.1) is 6.92 Å². The molecule has 0 aliphatic carbocycles. The lowest BCUT2D eigenvalue weighted by molar-refractivity contribution is 0.814. The summed E-state index contributed by atoms with van der Waals surface area (Å²) < 4.78 is 2.94. The van der Waals surface area contributed by atoms with E-state index in [0.29, 0.717) is 28.5 Å². The van der Waals surface area contributed by atoms with Gasteiger partial charge in [0.05, 0.1) is 11.9 Å². The molecule has 24 heavy (non-hydrogen) atoms. The van der Waals surface area contributed by atoms with Crippen LogP contribution in [0.25, 0.3) is 16.7 Å². The van der Waals surface area contributed by atoms with Gasteiger partial charge < -0.3 is 5.32 Å². The maximum Gasteiger partial charge on any atom is 0.283 e. The molecule has 8 heteroatoms. The highest BCUT2D eigenvalue weighted by Crippen LogP contribution is 2.13. The lowest BCUT2D eigenvalue weighted by Crippen LogP contribution is -2.40. The second-order valence-corrected chi connectivity index (χ2v) is 5.45. The van der Waals surface area contributed by atoms with Crippen LogP contribution in [-0.4, -0.2) is 31.1 Å². The highest BCUT2D eigenvalue weighted by Gasteiger charge is 2.14. The van der Waals surface area contributed by atoms with E-state index in [0.717, 1.165) is 5.69 Å². The van der Waals surface area contributed by atoms with E-state index in [1.807, 2.05) is 30.3 Å². The number of aryl methyl sites for hydroxylation is 1. The molecule has 122 valence electrons. The Morgan fingerprint density at radius 2 is 2.12 bits per heavy atom. The summed E-state index contributed by atoms with van der Waals surface area (Å²) in [5, 5.41) is 7.92. The van der Waals surface area contributed by atoms with Crippen molar-refractivity contribution >= 4 is 28.4 Å². The Morgan fingerprint density at radius 3 is 2.83 bits per heavy atom. The van der Waals surface area contributed by atoms with Crippen LogP contribution in [-0.2, 0) is 0 Å². The third-order valence-corrected chi connectivity index (χ3v) is 3.63. The van der Waals surface area contributed by atoms with Gasteiger partial charge in [-0.25, -0.2) is 14.3 Å². The molecule has 0 fully saturated rings. The Balaban J connectivity index is 2.05. The molecule has 0 aliphatic heterocycles. The minimum Gasteiger partial charge on any atom is -0.358 e. The molecule has 0 amide bonds. The van der Waals surface area contributed by atoms with Gasteiger partial charge in [0.2, 0.25) is 0 Å². The predicted octanol–water partition coefficient (Wildman–Crippen LogP) is 1.49. The summed E-state index contributed by atoms with van der Waals surface area (Å²) in [4.78, 5) is 17.2. The number of nitrogens with zero attached hydrogens (tertiary/aromatic N) is 4. The first-order valence-electron chi connectivity index (χ1n) is 7.30. The van der Waals surface area contributed by atoms with Gasteiger partial charge in [-0.3, -0.25) is 10.2 Å². The number of para-hydroxylation sites is 1. The van der Waals surface area contributed by atoms with Crippen molar-refractivity contribution < 1.29 is 0 Å². The Kier molecular flexibility index (Phi) is 4.39. The second kappa shape index (κ2) is 6.63. The van der Waals surface area contributed by atoms with E-state index < -0.39 is 0 Å². The molecule has 3 aromatic rings. The van der Waals surface area contributed by atoms with E-state index in [4.69, 9.17) is 12.2 Å². The van der Waals surface area contributed by atoms with Crippen molar-refractivity contribution in [3.63, 3.8) is 0 Å². The average Bonchev–Trinajstić information content (AvgIpc) is 3.01. The van der Waals surface area contributed by atoms with Crippen LogP contribution in [0.2, 0.25) is 0 Å². The fourth-order valence-electron chi connectivity index (χ4n) is 2.27. The first-order chi connectivity index (χ1) is 11.6. The highest BCUT2D eigenvalue weighted by atomic mass is 32.1. The Labute approximate surface area is 143 Å². The van der Waals surface area contributed by atoms with E-state index in [2.05, 4.69) is 27.4 Å². The van der Waals surface area contributed by atoms with Gasteiger partial charge in [-0.15, -0.1) is 6.58 Å². The van der Waals surface area contributed by atoms with Crippen LogP contribution in [0.5, 0.6) is 0 Å². The summed E-state index contributed by atoms with van der Waals surface area (Å²) in [6.45, 7) is 5.84. The van der Waals surface area contributed by atoms with Gasteiger partial charge in [-0.05, 0) is 31.3 Å². The zero-order chi connectivity index (χ0) is 17.1. The van der Waals surface area contributed by atoms with E-state index in [9.17, 15) is 4.79 Å². The fourth-order valence-corrected chi connectivity index (χ4v) is 2.44. The summed E-state index contributed by atoms with van der Waals surface area (Å²) >= 11 is 5.15. The maximum absolute atomic E-state index is 12.7. The summed E-state index contributed by atoms with van der Waals surface area (Å²) in [6, 6.07) is 9.54. The zero-order valence-electron chi connectivity index (χ0n) is 13.1. The predicted molar refractivity (Wildman–Crippen MR) is 98.0 cm³/mol. The number of rotatable bonds is 4. The highest BCUT2D eigenvalue weighted by molar-refractivity contribution is 7.80. The number of hydrogen-bond acceptors (Lipinski definition) is 4. The molecule has 0 aliphatic rings. The van der Waals surface area contributed by atoms with Gasteiger partial charge in [0, 0.05) is 6.54 Å². The van der Waals surface area contributed by atoms with Gasteiger partial charge in [0.1, 0.15) is 11.2 Å². The van der Waals surface area contributed by atoms with Gasteiger partial charge in [-0.2, -0.15) is 5.10 Å². The number of nitrogens with one attached hydrogen (secondary N) is 2. The first kappa shape index (κ1) is 15.9. The van der Waals surface area contributed by atoms with Crippen molar-refractivity contribution in [2.45, 2.75) is 6.92 Å². The quantitative estimate of drug-likeness (QED) is 0.554. The molecule has 7 nitrogen and oxygen atoms in total. The number of fused-ring (bicyclic) bond motifs is 1. The molecule has 2 aromatic heterocycles. The fraction of sp³-hybridized carbons (Fsp3) is 0.125. The van der Waals surface area contributed by atoms with Gasteiger partial charge in [0.25, 0.3) is 5.56 Å². The maximum atomic E-state index is 12.7. The molecule has 0 unspecified atom stereocenters. The topological polar surface area (TPSA) is 76.8 Å². The third-order valence-electron chi connectivity index (χ3n) is 3.39. The van der Waals surface area contributed by atoms with E-state index in [1.165, 1.54) is 10.9 Å². The Bertz CT molecular complexity index is 960. The average molecular weight is 340 g/mol. The van der Waals surface area contributed by atoms with Gasteiger partial charge in [0.15, 0.2) is 10.8 Å². The summed E-state index contributed by atoms with van der Waals surface area (Å²) in [5.74, 6) is 0.480. The smallest absolute Gasteiger partial charge is 0.283 e.